The summed E-state index contributed by atoms with van der Waals surface area (Å²) in [4.78, 5) is 45.2. The van der Waals surface area contributed by atoms with Crippen molar-refractivity contribution >= 4 is 62.8 Å². The number of nitrogens with two attached hydrogens (primary N) is 3. The van der Waals surface area contributed by atoms with E-state index in [9.17, 15) is 19.5 Å². The number of alkyl halides is 1. The van der Waals surface area contributed by atoms with Crippen molar-refractivity contribution in [1.29, 1.82) is 5.41 Å². The number of hydrogen-bond acceptors (Lipinski definition) is 11. The molecule has 0 aliphatic carbocycles. The van der Waals surface area contributed by atoms with Gasteiger partial charge in [-0.3, -0.25) is 14.8 Å². The van der Waals surface area contributed by atoms with E-state index < -0.39 is 47.6 Å². The summed E-state index contributed by atoms with van der Waals surface area (Å²) >= 11 is 16.0. The highest BCUT2D eigenvalue weighted by atomic mass is 79.9. The van der Waals surface area contributed by atoms with Gasteiger partial charge in [0.1, 0.15) is 24.1 Å². The van der Waals surface area contributed by atoms with Crippen LogP contribution in [0.15, 0.2) is 60.1 Å². The predicted molar refractivity (Wildman–Crippen MR) is 189 cm³/mol. The minimum Gasteiger partial charge on any atom is -0.479 e. The number of rotatable bonds is 11. The standard InChI is InChI=1S/C17H26N8O5.C13H12BrCl2N3O/c1-24(16(20)21)6-4-9(18)8-12(26)22-10-2-3-13(30-14(10)15(27)28)25-7-5-11(19)23-17(25)29;14-9-4-13(20-5-9,6-19-8-17-7-18-19)11-2-1-10(15)3-12(11)16/h2-3,5,7,9-10,13-14H,4,6,8,18H2,1H3,(H3,20,21)(H,22,26)(H,27,28)(H2,19,23,29);1-3,7-9H,4-6H2/t9?,10-,13+,14-;/m0./s1. The Morgan fingerprint density at radius 1 is 1.30 bits per heavy atom. The number of carbonyl (C=O) groups excluding carboxylic acids is 1. The summed E-state index contributed by atoms with van der Waals surface area (Å²) in [5, 5.41) is 24.7. The van der Waals surface area contributed by atoms with Crippen LogP contribution >= 0.6 is 39.1 Å². The number of anilines is 1. The maximum atomic E-state index is 12.3. The van der Waals surface area contributed by atoms with Crippen molar-refractivity contribution in [3.63, 3.8) is 0 Å². The molecule has 2 aliphatic rings. The average Bonchev–Trinajstić information content (AvgIpc) is 3.70. The van der Waals surface area contributed by atoms with E-state index in [-0.39, 0.29) is 23.0 Å². The topological polar surface area (TPSA) is 256 Å². The minimum atomic E-state index is -1.42. The fraction of sp³-hybridized carbons (Fsp3) is 0.433. The molecule has 9 N–H and O–H groups in total. The molecule has 0 bridgehead atoms. The third-order valence-electron chi connectivity index (χ3n) is 7.88. The Labute approximate surface area is 305 Å². The highest BCUT2D eigenvalue weighted by molar-refractivity contribution is 9.09. The van der Waals surface area contributed by atoms with Crippen LogP contribution in [0, 0.1) is 5.41 Å². The quantitative estimate of drug-likeness (QED) is 0.0696. The van der Waals surface area contributed by atoms with Crippen LogP contribution in [0.2, 0.25) is 10.0 Å². The van der Waals surface area contributed by atoms with E-state index in [0.29, 0.717) is 36.2 Å². The summed E-state index contributed by atoms with van der Waals surface area (Å²) in [5.41, 5.74) is 16.4. The number of nitrogens with zero attached hydrogens (tertiary/aromatic N) is 6. The molecule has 1 fully saturated rings. The monoisotopic (exact) mass is 797 g/mol. The molecule has 4 heterocycles. The Hall–Kier alpha value is -4.07. The maximum absolute atomic E-state index is 12.3. The van der Waals surface area contributed by atoms with Gasteiger partial charge in [0, 0.05) is 52.7 Å². The van der Waals surface area contributed by atoms with Crippen molar-refractivity contribution in [3.8, 4) is 0 Å². The van der Waals surface area contributed by atoms with Gasteiger partial charge in [0.05, 0.1) is 19.2 Å². The molecule has 20 heteroatoms. The summed E-state index contributed by atoms with van der Waals surface area (Å²) < 4.78 is 14.4. The van der Waals surface area contributed by atoms with Gasteiger partial charge in [-0.1, -0.05) is 51.3 Å². The number of hydrogen-bond donors (Lipinski definition) is 6. The first-order chi connectivity index (χ1) is 23.7. The van der Waals surface area contributed by atoms with Gasteiger partial charge >= 0.3 is 11.7 Å². The van der Waals surface area contributed by atoms with Gasteiger partial charge in [-0.15, -0.1) is 0 Å². The highest BCUT2D eigenvalue weighted by Crippen LogP contribution is 2.43. The molecule has 1 amide bonds. The van der Waals surface area contributed by atoms with Gasteiger partial charge in [-0.2, -0.15) is 10.1 Å². The van der Waals surface area contributed by atoms with Gasteiger partial charge < -0.3 is 42.0 Å². The van der Waals surface area contributed by atoms with Gasteiger partial charge in [0.15, 0.2) is 18.3 Å². The average molecular weight is 800 g/mol. The lowest BCUT2D eigenvalue weighted by Crippen LogP contribution is -2.51. The van der Waals surface area contributed by atoms with Crippen LogP contribution in [0.4, 0.5) is 5.82 Å². The number of carbonyl (C=O) groups is 2. The maximum Gasteiger partial charge on any atom is 0.351 e. The molecule has 50 heavy (non-hydrogen) atoms. The van der Waals surface area contributed by atoms with E-state index in [1.807, 2.05) is 12.1 Å². The zero-order valence-electron chi connectivity index (χ0n) is 26.9. The fourth-order valence-corrected chi connectivity index (χ4v) is 6.55. The molecule has 17 nitrogen and oxygen atoms in total. The van der Waals surface area contributed by atoms with E-state index in [0.717, 1.165) is 16.6 Å². The van der Waals surface area contributed by atoms with E-state index in [4.69, 9.17) is 55.3 Å². The van der Waals surface area contributed by atoms with Gasteiger partial charge in [-0.05, 0) is 37.1 Å². The number of guanidine groups is 1. The molecule has 6 atom stereocenters. The van der Waals surface area contributed by atoms with E-state index >= 15 is 0 Å². The molecule has 0 spiro atoms. The third kappa shape index (κ3) is 10.2. The molecule has 2 aliphatic heterocycles. The molecule has 1 aromatic carbocycles. The van der Waals surface area contributed by atoms with Crippen LogP contribution in [-0.4, -0.2) is 95.4 Å². The first-order valence-corrected chi connectivity index (χ1v) is 16.9. The molecule has 0 saturated carbocycles. The molecule has 1 saturated heterocycles. The minimum absolute atomic E-state index is 0.0294. The Morgan fingerprint density at radius 2 is 2.06 bits per heavy atom. The van der Waals surface area contributed by atoms with Crippen LogP contribution in [-0.2, 0) is 31.2 Å². The first-order valence-electron chi connectivity index (χ1n) is 15.2. The number of carboxylic acids is 1. The number of benzene rings is 1. The summed E-state index contributed by atoms with van der Waals surface area (Å²) in [6.45, 7) is 1.60. The lowest BCUT2D eigenvalue weighted by Gasteiger charge is -2.31. The van der Waals surface area contributed by atoms with Crippen LogP contribution in [0.5, 0.6) is 0 Å². The number of nitrogens with one attached hydrogen (secondary N) is 2. The summed E-state index contributed by atoms with van der Waals surface area (Å²) in [7, 11) is 1.63. The first kappa shape index (κ1) is 38.7. The van der Waals surface area contributed by atoms with Gasteiger partial charge in [0.25, 0.3) is 0 Å². The Morgan fingerprint density at radius 3 is 2.66 bits per heavy atom. The molecular weight excluding hydrogens is 761 g/mol. The second-order valence-corrected chi connectivity index (χ2v) is 13.8. The third-order valence-corrected chi connectivity index (χ3v) is 9.02. The largest absolute Gasteiger partial charge is 0.479 e. The zero-order chi connectivity index (χ0) is 36.6. The van der Waals surface area contributed by atoms with Crippen LogP contribution in [0.25, 0.3) is 0 Å². The highest BCUT2D eigenvalue weighted by Gasteiger charge is 2.43. The Kier molecular flexibility index (Phi) is 13.3. The van der Waals surface area contributed by atoms with Crippen LogP contribution in [0.3, 0.4) is 0 Å². The van der Waals surface area contributed by atoms with E-state index in [2.05, 4.69) is 36.3 Å². The molecule has 270 valence electrons. The van der Waals surface area contributed by atoms with Crippen molar-refractivity contribution in [1.82, 2.24) is 34.5 Å². The van der Waals surface area contributed by atoms with Crippen LogP contribution in [0.1, 0.15) is 31.1 Å². The lowest BCUT2D eigenvalue weighted by molar-refractivity contribution is -0.159. The van der Waals surface area contributed by atoms with Crippen molar-refractivity contribution in [2.45, 2.75) is 60.7 Å². The fourth-order valence-electron chi connectivity index (χ4n) is 5.32. The van der Waals surface area contributed by atoms with Crippen molar-refractivity contribution in [3.05, 3.63) is 81.4 Å². The number of ether oxygens (including phenoxy) is 2. The number of nitrogen functional groups attached to an aromatic ring is 1. The van der Waals surface area contributed by atoms with Crippen molar-refractivity contribution < 1.29 is 24.2 Å². The lowest BCUT2D eigenvalue weighted by atomic mass is 9.90. The summed E-state index contributed by atoms with van der Waals surface area (Å²) in [6, 6.07) is 5.43. The second kappa shape index (κ2) is 17.2. The molecule has 3 unspecified atom stereocenters. The normalized spacial score (nSPS) is 23.4. The number of aliphatic carboxylic acids is 1. The molecular formula is C30H38BrCl2N11O6. The van der Waals surface area contributed by atoms with E-state index in [1.165, 1.54) is 35.6 Å². The van der Waals surface area contributed by atoms with Crippen LogP contribution < -0.4 is 28.2 Å². The smallest absolute Gasteiger partial charge is 0.351 e. The number of aromatic nitrogens is 5. The molecule has 0 radical (unpaired) electrons. The van der Waals surface area contributed by atoms with Gasteiger partial charge in [-0.25, -0.2) is 19.3 Å². The van der Waals surface area contributed by atoms with E-state index in [1.54, 1.807) is 24.1 Å². The Balaban J connectivity index is 0.000000242. The number of carboxylic acid groups (broad SMARTS) is 1. The van der Waals surface area contributed by atoms with Crippen molar-refractivity contribution in [2.75, 3.05) is 25.9 Å². The van der Waals surface area contributed by atoms with Gasteiger partial charge in [0.2, 0.25) is 5.91 Å². The zero-order valence-corrected chi connectivity index (χ0v) is 30.0. The number of amides is 1. The SMILES string of the molecule is CN(CCC(N)CC(=O)N[C@H]1C=C[C@H](n2ccc(N)nc2=O)O[C@@H]1C(=O)O)C(=N)N.Clc1ccc(C2(Cn3cncn3)CC(Br)CO2)c(Cl)c1. The second-order valence-electron chi connectivity index (χ2n) is 11.7. The predicted octanol–water partition coefficient (Wildman–Crippen LogP) is 1.45. The Bertz CT molecular complexity index is 1750. The summed E-state index contributed by atoms with van der Waals surface area (Å²) in [5.74, 6) is -1.84. The molecule has 3 aromatic rings. The molecule has 5 rings (SSSR count). The molecule has 2 aromatic heterocycles. The number of halogens is 3. The summed E-state index contributed by atoms with van der Waals surface area (Å²) in [6.07, 6.45) is 6.17. The van der Waals surface area contributed by atoms with Crippen molar-refractivity contribution in [2.24, 2.45) is 11.5 Å².